The number of hydrogen-bond acceptors (Lipinski definition) is 4. The Morgan fingerprint density at radius 3 is 2.38 bits per heavy atom. The zero-order valence-corrected chi connectivity index (χ0v) is 16.5. The molecule has 3 rings (SSSR count). The molecule has 0 saturated carbocycles. The van der Waals surface area contributed by atoms with Crippen LogP contribution in [0.4, 0.5) is 0 Å². The molecule has 2 aliphatic heterocycles. The zero-order valence-electron chi connectivity index (χ0n) is 15.0. The summed E-state index contributed by atoms with van der Waals surface area (Å²) in [5, 5.41) is 0.503. The monoisotopic (exact) mass is 399 g/mol. The van der Waals surface area contributed by atoms with E-state index in [2.05, 4.69) is 6.92 Å². The van der Waals surface area contributed by atoms with E-state index in [9.17, 15) is 13.2 Å². The highest BCUT2D eigenvalue weighted by molar-refractivity contribution is 7.89. The smallest absolute Gasteiger partial charge is 0.243 e. The summed E-state index contributed by atoms with van der Waals surface area (Å²) in [5.74, 6) is 0.418. The van der Waals surface area contributed by atoms with Crippen molar-refractivity contribution in [2.24, 2.45) is 17.6 Å². The minimum absolute atomic E-state index is 0.106. The van der Waals surface area contributed by atoms with Gasteiger partial charge in [0, 0.05) is 36.6 Å². The van der Waals surface area contributed by atoms with Crippen molar-refractivity contribution in [2.45, 2.75) is 37.1 Å². The summed E-state index contributed by atoms with van der Waals surface area (Å²) < 4.78 is 26.9. The van der Waals surface area contributed by atoms with Gasteiger partial charge in [0.2, 0.25) is 15.9 Å². The van der Waals surface area contributed by atoms with Crippen LogP contribution in [0, 0.1) is 11.8 Å². The number of hydrogen-bond donors (Lipinski definition) is 1. The van der Waals surface area contributed by atoms with Gasteiger partial charge in [-0.05, 0) is 62.9 Å². The number of amides is 1. The van der Waals surface area contributed by atoms with Crippen molar-refractivity contribution < 1.29 is 13.2 Å². The zero-order chi connectivity index (χ0) is 18.9. The van der Waals surface area contributed by atoms with Crippen molar-refractivity contribution in [1.29, 1.82) is 0 Å². The number of sulfonamides is 1. The van der Waals surface area contributed by atoms with Gasteiger partial charge in [-0.3, -0.25) is 4.79 Å². The normalized spacial score (nSPS) is 25.6. The first-order valence-electron chi connectivity index (χ1n) is 9.09. The summed E-state index contributed by atoms with van der Waals surface area (Å²) in [4.78, 5) is 15.0. The first kappa shape index (κ1) is 19.6. The van der Waals surface area contributed by atoms with Crippen LogP contribution in [0.15, 0.2) is 29.2 Å². The van der Waals surface area contributed by atoms with E-state index in [4.69, 9.17) is 17.3 Å². The molecule has 2 heterocycles. The minimum Gasteiger partial charge on any atom is -0.339 e. The molecule has 2 unspecified atom stereocenters. The Kier molecular flexibility index (Phi) is 5.91. The van der Waals surface area contributed by atoms with Gasteiger partial charge in [-0.15, -0.1) is 0 Å². The first-order chi connectivity index (χ1) is 12.3. The third kappa shape index (κ3) is 3.91. The molecule has 26 heavy (non-hydrogen) atoms. The summed E-state index contributed by atoms with van der Waals surface area (Å²) >= 11 is 5.84. The Bertz CT molecular complexity index is 745. The number of nitrogens with zero attached hydrogens (tertiary/aromatic N) is 2. The number of halogens is 1. The Hall–Kier alpha value is -1.15. The topological polar surface area (TPSA) is 83.7 Å². The van der Waals surface area contributed by atoms with Crippen molar-refractivity contribution in [3.8, 4) is 0 Å². The second-order valence-corrected chi connectivity index (χ2v) is 9.68. The summed E-state index contributed by atoms with van der Waals surface area (Å²) in [6, 6.07) is 6.41. The van der Waals surface area contributed by atoms with Gasteiger partial charge in [-0.25, -0.2) is 8.42 Å². The lowest BCUT2D eigenvalue weighted by molar-refractivity contribution is -0.137. The lowest BCUT2D eigenvalue weighted by Gasteiger charge is -2.33. The van der Waals surface area contributed by atoms with E-state index < -0.39 is 10.0 Å². The van der Waals surface area contributed by atoms with Gasteiger partial charge in [-0.1, -0.05) is 11.6 Å². The number of carbonyl (C=O) groups excluding carboxylic acids is 1. The second kappa shape index (κ2) is 7.84. The highest BCUT2D eigenvalue weighted by atomic mass is 35.5. The van der Waals surface area contributed by atoms with Crippen molar-refractivity contribution in [1.82, 2.24) is 9.21 Å². The van der Waals surface area contributed by atoms with Gasteiger partial charge in [0.05, 0.1) is 4.90 Å². The Balaban J connectivity index is 1.62. The Morgan fingerprint density at radius 1 is 1.23 bits per heavy atom. The van der Waals surface area contributed by atoms with Gasteiger partial charge < -0.3 is 10.6 Å². The molecule has 0 aliphatic carbocycles. The number of carbonyl (C=O) groups is 1. The van der Waals surface area contributed by atoms with Crippen molar-refractivity contribution >= 4 is 27.5 Å². The summed E-state index contributed by atoms with van der Waals surface area (Å²) in [6.45, 7) is 4.12. The fourth-order valence-corrected chi connectivity index (χ4v) is 5.55. The van der Waals surface area contributed by atoms with Crippen molar-refractivity contribution in [2.75, 3.05) is 26.2 Å². The van der Waals surface area contributed by atoms with Gasteiger partial charge in [-0.2, -0.15) is 4.31 Å². The van der Waals surface area contributed by atoms with E-state index in [0.717, 1.165) is 13.0 Å². The fraction of sp³-hybridized carbons (Fsp3) is 0.611. The molecule has 2 aliphatic rings. The molecule has 2 saturated heterocycles. The van der Waals surface area contributed by atoms with E-state index in [0.29, 0.717) is 43.4 Å². The molecule has 2 fully saturated rings. The van der Waals surface area contributed by atoms with Crippen LogP contribution in [0.5, 0.6) is 0 Å². The van der Waals surface area contributed by atoms with Gasteiger partial charge in [0.15, 0.2) is 0 Å². The maximum Gasteiger partial charge on any atom is 0.243 e. The minimum atomic E-state index is -3.54. The van der Waals surface area contributed by atoms with Crippen LogP contribution in [-0.4, -0.2) is 55.8 Å². The van der Waals surface area contributed by atoms with E-state index in [1.807, 2.05) is 4.90 Å². The van der Waals surface area contributed by atoms with Crippen LogP contribution in [-0.2, 0) is 14.8 Å². The molecule has 8 heteroatoms. The molecule has 1 aromatic carbocycles. The number of rotatable bonds is 4. The van der Waals surface area contributed by atoms with Crippen LogP contribution in [0.1, 0.15) is 26.2 Å². The highest BCUT2D eigenvalue weighted by Crippen LogP contribution is 2.29. The predicted molar refractivity (Wildman–Crippen MR) is 101 cm³/mol. The van der Waals surface area contributed by atoms with E-state index >= 15 is 0 Å². The summed E-state index contributed by atoms with van der Waals surface area (Å²) in [5.41, 5.74) is 5.75. The van der Waals surface area contributed by atoms with Crippen LogP contribution in [0.25, 0.3) is 0 Å². The predicted octanol–water partition coefficient (Wildman–Crippen LogP) is 1.94. The average molecular weight is 400 g/mol. The Morgan fingerprint density at radius 2 is 1.85 bits per heavy atom. The average Bonchev–Trinajstić information content (AvgIpc) is 3.02. The van der Waals surface area contributed by atoms with E-state index in [1.165, 1.54) is 16.4 Å². The molecule has 0 bridgehead atoms. The molecule has 0 aromatic heterocycles. The standard InChI is InChI=1S/C18H26ClN3O3S/c1-13-10-14(11-20)12-22(13)18(23)15-6-8-21(9-7-15)26(24,25)17-4-2-16(19)3-5-17/h2-5,13-15H,6-12,20H2,1H3. The van der Waals surface area contributed by atoms with Crippen LogP contribution in [0.2, 0.25) is 5.02 Å². The van der Waals surface area contributed by atoms with E-state index in [-0.39, 0.29) is 22.8 Å². The fourth-order valence-electron chi connectivity index (χ4n) is 3.95. The largest absolute Gasteiger partial charge is 0.339 e. The quantitative estimate of drug-likeness (QED) is 0.838. The molecule has 144 valence electrons. The molecule has 0 radical (unpaired) electrons. The lowest BCUT2D eigenvalue weighted by atomic mass is 9.96. The maximum atomic E-state index is 12.8. The third-order valence-electron chi connectivity index (χ3n) is 5.53. The Labute approximate surface area is 160 Å². The molecular formula is C18H26ClN3O3S. The van der Waals surface area contributed by atoms with Crippen LogP contribution < -0.4 is 5.73 Å². The van der Waals surface area contributed by atoms with Crippen LogP contribution >= 0.6 is 11.6 Å². The SMILES string of the molecule is CC1CC(CN)CN1C(=O)C1CCN(S(=O)(=O)c2ccc(Cl)cc2)CC1. The number of likely N-dealkylation sites (tertiary alicyclic amines) is 1. The molecule has 1 aromatic rings. The van der Waals surface area contributed by atoms with Crippen LogP contribution in [0.3, 0.4) is 0 Å². The summed E-state index contributed by atoms with van der Waals surface area (Å²) in [7, 11) is -3.54. The van der Waals surface area contributed by atoms with Crippen molar-refractivity contribution in [3.63, 3.8) is 0 Å². The van der Waals surface area contributed by atoms with E-state index in [1.54, 1.807) is 12.1 Å². The second-order valence-electron chi connectivity index (χ2n) is 7.31. The maximum absolute atomic E-state index is 12.8. The number of piperidine rings is 1. The lowest BCUT2D eigenvalue weighted by Crippen LogP contribution is -2.45. The number of nitrogens with two attached hydrogens (primary N) is 1. The third-order valence-corrected chi connectivity index (χ3v) is 7.70. The van der Waals surface area contributed by atoms with Gasteiger partial charge in [0.1, 0.15) is 0 Å². The molecule has 0 spiro atoms. The highest BCUT2D eigenvalue weighted by Gasteiger charge is 2.38. The molecule has 1 amide bonds. The molecular weight excluding hydrogens is 374 g/mol. The summed E-state index contributed by atoms with van der Waals surface area (Å²) in [6.07, 6.45) is 2.07. The first-order valence-corrected chi connectivity index (χ1v) is 10.9. The van der Waals surface area contributed by atoms with Gasteiger partial charge in [0.25, 0.3) is 0 Å². The van der Waals surface area contributed by atoms with Gasteiger partial charge >= 0.3 is 0 Å². The molecule has 6 nitrogen and oxygen atoms in total. The molecule has 2 N–H and O–H groups in total. The number of benzene rings is 1. The van der Waals surface area contributed by atoms with Crippen molar-refractivity contribution in [3.05, 3.63) is 29.3 Å². The molecule has 2 atom stereocenters.